The predicted molar refractivity (Wildman–Crippen MR) is 116 cm³/mol. The maximum atomic E-state index is 13.1. The van der Waals surface area contributed by atoms with Crippen LogP contribution in [-0.2, 0) is 10.0 Å². The molecule has 1 N–H and O–H groups in total. The van der Waals surface area contributed by atoms with Crippen molar-refractivity contribution in [3.05, 3.63) is 82.0 Å². The summed E-state index contributed by atoms with van der Waals surface area (Å²) in [6.07, 6.45) is 1.88. The van der Waals surface area contributed by atoms with Gasteiger partial charge in [0.15, 0.2) is 0 Å². The first-order chi connectivity index (χ1) is 13.9. The first-order valence-electron chi connectivity index (χ1n) is 9.48. The Morgan fingerprint density at radius 3 is 2.62 bits per heavy atom. The molecule has 4 rings (SSSR count). The molecule has 0 saturated carbocycles. The number of amides is 1. The van der Waals surface area contributed by atoms with Crippen molar-refractivity contribution in [2.45, 2.75) is 30.7 Å². The average molecular weight is 427 g/mol. The molecule has 0 aliphatic carbocycles. The SMILES string of the molecule is Cc1ccc(NS(=O)(=O)c2cccc(C(=O)N3CCCC3c3cccs3)c2)cc1. The van der Waals surface area contributed by atoms with Gasteiger partial charge in [0.25, 0.3) is 15.9 Å². The molecule has 0 spiro atoms. The number of likely N-dealkylation sites (tertiary alicyclic amines) is 1. The lowest BCUT2D eigenvalue weighted by Gasteiger charge is -2.24. The fourth-order valence-corrected chi connectivity index (χ4v) is 5.56. The quantitative estimate of drug-likeness (QED) is 0.635. The molecule has 1 saturated heterocycles. The van der Waals surface area contributed by atoms with Crippen molar-refractivity contribution >= 4 is 33.0 Å². The number of hydrogen-bond donors (Lipinski definition) is 1. The van der Waals surface area contributed by atoms with E-state index in [9.17, 15) is 13.2 Å². The van der Waals surface area contributed by atoms with Crippen molar-refractivity contribution in [3.8, 4) is 0 Å². The Morgan fingerprint density at radius 2 is 1.90 bits per heavy atom. The molecular formula is C22H22N2O3S2. The van der Waals surface area contributed by atoms with Gasteiger partial charge < -0.3 is 4.90 Å². The fraction of sp³-hybridized carbons (Fsp3) is 0.227. The van der Waals surface area contributed by atoms with Gasteiger partial charge in [0.2, 0.25) is 0 Å². The fourth-order valence-electron chi connectivity index (χ4n) is 3.58. The molecule has 0 bridgehead atoms. The smallest absolute Gasteiger partial charge is 0.261 e. The van der Waals surface area contributed by atoms with Crippen molar-refractivity contribution in [2.75, 3.05) is 11.3 Å². The highest BCUT2D eigenvalue weighted by Crippen LogP contribution is 2.35. The molecule has 2 aromatic carbocycles. The van der Waals surface area contributed by atoms with Crippen LogP contribution in [0.4, 0.5) is 5.69 Å². The summed E-state index contributed by atoms with van der Waals surface area (Å²) in [6.45, 7) is 2.62. The molecule has 3 aromatic rings. The lowest BCUT2D eigenvalue weighted by atomic mass is 10.1. The van der Waals surface area contributed by atoms with Crippen molar-refractivity contribution in [2.24, 2.45) is 0 Å². The van der Waals surface area contributed by atoms with E-state index < -0.39 is 10.0 Å². The number of nitrogens with zero attached hydrogens (tertiary/aromatic N) is 1. The number of carbonyl (C=O) groups excluding carboxylic acids is 1. The number of carbonyl (C=O) groups is 1. The average Bonchev–Trinajstić information content (AvgIpc) is 3.40. The number of rotatable bonds is 5. The standard InChI is InChI=1S/C22H22N2O3S2/c1-16-9-11-18(12-10-16)23-29(26,27)19-6-2-5-17(15-19)22(25)24-13-3-7-20(24)21-8-4-14-28-21/h2,4-6,8-12,14-15,20,23H,3,7,13H2,1H3. The van der Waals surface area contributed by atoms with Crippen LogP contribution in [-0.4, -0.2) is 25.8 Å². The third kappa shape index (κ3) is 4.21. The Balaban J connectivity index is 1.58. The van der Waals surface area contributed by atoms with E-state index in [4.69, 9.17) is 0 Å². The summed E-state index contributed by atoms with van der Waals surface area (Å²) < 4.78 is 28.2. The first-order valence-corrected chi connectivity index (χ1v) is 11.8. The van der Waals surface area contributed by atoms with Crippen LogP contribution in [0.2, 0.25) is 0 Å². The lowest BCUT2D eigenvalue weighted by Crippen LogP contribution is -2.30. The van der Waals surface area contributed by atoms with Crippen LogP contribution in [0.3, 0.4) is 0 Å². The summed E-state index contributed by atoms with van der Waals surface area (Å²) >= 11 is 1.65. The Labute approximate surface area is 175 Å². The summed E-state index contributed by atoms with van der Waals surface area (Å²) in [7, 11) is -3.78. The molecule has 2 heterocycles. The highest BCUT2D eigenvalue weighted by molar-refractivity contribution is 7.92. The molecule has 29 heavy (non-hydrogen) atoms. The van der Waals surface area contributed by atoms with E-state index in [1.165, 1.54) is 17.0 Å². The second kappa shape index (κ2) is 8.00. The van der Waals surface area contributed by atoms with Gasteiger partial charge in [0.05, 0.1) is 10.9 Å². The van der Waals surface area contributed by atoms with E-state index in [1.807, 2.05) is 41.5 Å². The van der Waals surface area contributed by atoms with Crippen molar-refractivity contribution in [1.82, 2.24) is 4.90 Å². The molecule has 1 unspecified atom stereocenters. The molecule has 0 radical (unpaired) electrons. The van der Waals surface area contributed by atoms with Gasteiger partial charge >= 0.3 is 0 Å². The highest BCUT2D eigenvalue weighted by Gasteiger charge is 2.31. The molecule has 5 nitrogen and oxygen atoms in total. The molecule has 1 atom stereocenters. The summed E-state index contributed by atoms with van der Waals surface area (Å²) in [6, 6.07) is 17.5. The molecule has 1 aliphatic rings. The third-order valence-corrected chi connectivity index (χ3v) is 7.43. The molecule has 1 amide bonds. The van der Waals surface area contributed by atoms with Crippen molar-refractivity contribution in [1.29, 1.82) is 0 Å². The van der Waals surface area contributed by atoms with Crippen molar-refractivity contribution in [3.63, 3.8) is 0 Å². The van der Waals surface area contributed by atoms with Gasteiger partial charge in [0, 0.05) is 22.7 Å². The zero-order chi connectivity index (χ0) is 20.4. The topological polar surface area (TPSA) is 66.5 Å². The number of aryl methyl sites for hydroxylation is 1. The molecule has 7 heteroatoms. The van der Waals surface area contributed by atoms with Crippen LogP contribution < -0.4 is 4.72 Å². The third-order valence-electron chi connectivity index (χ3n) is 5.08. The van der Waals surface area contributed by atoms with E-state index in [-0.39, 0.29) is 16.8 Å². The van der Waals surface area contributed by atoms with Crippen LogP contribution in [0, 0.1) is 6.92 Å². The summed E-state index contributed by atoms with van der Waals surface area (Å²) in [5.41, 5.74) is 1.93. The second-order valence-corrected chi connectivity index (χ2v) is 9.83. The van der Waals surface area contributed by atoms with Gasteiger partial charge in [-0.1, -0.05) is 29.8 Å². The van der Waals surface area contributed by atoms with Crippen LogP contribution >= 0.6 is 11.3 Å². The largest absolute Gasteiger partial charge is 0.331 e. The zero-order valence-corrected chi connectivity index (χ0v) is 17.7. The van der Waals surface area contributed by atoms with E-state index in [2.05, 4.69) is 4.72 Å². The van der Waals surface area contributed by atoms with E-state index in [0.29, 0.717) is 17.8 Å². The maximum Gasteiger partial charge on any atom is 0.261 e. The number of thiophene rings is 1. The minimum atomic E-state index is -3.78. The molecule has 1 fully saturated rings. The molecule has 1 aliphatic heterocycles. The molecule has 150 valence electrons. The number of benzene rings is 2. The Morgan fingerprint density at radius 1 is 1.10 bits per heavy atom. The van der Waals surface area contributed by atoms with E-state index in [1.54, 1.807) is 35.6 Å². The molecule has 1 aromatic heterocycles. The van der Waals surface area contributed by atoms with Gasteiger partial charge in [0.1, 0.15) is 0 Å². The highest BCUT2D eigenvalue weighted by atomic mass is 32.2. The second-order valence-electron chi connectivity index (χ2n) is 7.17. The minimum Gasteiger partial charge on any atom is -0.331 e. The minimum absolute atomic E-state index is 0.0634. The molecular weight excluding hydrogens is 404 g/mol. The summed E-state index contributed by atoms with van der Waals surface area (Å²) in [4.78, 5) is 16.2. The van der Waals surface area contributed by atoms with Crippen LogP contribution in [0.5, 0.6) is 0 Å². The Kier molecular flexibility index (Phi) is 5.43. The van der Waals surface area contributed by atoms with Crippen LogP contribution in [0.1, 0.15) is 39.7 Å². The van der Waals surface area contributed by atoms with E-state index in [0.717, 1.165) is 18.4 Å². The number of hydrogen-bond acceptors (Lipinski definition) is 4. The van der Waals surface area contributed by atoms with Crippen molar-refractivity contribution < 1.29 is 13.2 Å². The summed E-state index contributed by atoms with van der Waals surface area (Å²) in [5.74, 6) is -0.131. The van der Waals surface area contributed by atoms with Gasteiger partial charge in [-0.25, -0.2) is 8.42 Å². The Hall–Kier alpha value is -2.64. The van der Waals surface area contributed by atoms with E-state index >= 15 is 0 Å². The zero-order valence-electron chi connectivity index (χ0n) is 16.0. The van der Waals surface area contributed by atoms with Gasteiger partial charge in [-0.05, 0) is 61.5 Å². The first kappa shape index (κ1) is 19.7. The lowest BCUT2D eigenvalue weighted by molar-refractivity contribution is 0.0737. The van der Waals surface area contributed by atoms with Gasteiger partial charge in [-0.15, -0.1) is 11.3 Å². The number of nitrogens with one attached hydrogen (secondary N) is 1. The van der Waals surface area contributed by atoms with Crippen LogP contribution in [0.25, 0.3) is 0 Å². The predicted octanol–water partition coefficient (Wildman–Crippen LogP) is 4.83. The van der Waals surface area contributed by atoms with Gasteiger partial charge in [-0.2, -0.15) is 0 Å². The normalized spacial score (nSPS) is 16.7. The monoisotopic (exact) mass is 426 g/mol. The number of sulfonamides is 1. The van der Waals surface area contributed by atoms with Crippen LogP contribution in [0.15, 0.2) is 70.9 Å². The van der Waals surface area contributed by atoms with Gasteiger partial charge in [-0.3, -0.25) is 9.52 Å². The maximum absolute atomic E-state index is 13.1. The Bertz CT molecular complexity index is 1110. The summed E-state index contributed by atoms with van der Waals surface area (Å²) in [5, 5.41) is 2.01. The number of anilines is 1.